The van der Waals surface area contributed by atoms with E-state index in [1.54, 1.807) is 6.92 Å². The number of carboxylic acid groups (broad SMARTS) is 1. The Hall–Kier alpha value is -1.84. The second kappa shape index (κ2) is 5.75. The second-order valence-electron chi connectivity index (χ2n) is 7.07. The largest absolute Gasteiger partial charge is 0.550 e. The SMILES string of the molecule is C[C@H](NC(=O)[C@H]1CC[C@@](C)(C(=O)[O-])C1(C)C)c1ccccc1. The minimum Gasteiger partial charge on any atom is -0.550 e. The van der Waals surface area contributed by atoms with Crippen LogP contribution in [0.5, 0.6) is 0 Å². The van der Waals surface area contributed by atoms with Gasteiger partial charge >= 0.3 is 0 Å². The molecule has 4 nitrogen and oxygen atoms in total. The molecule has 0 unspecified atom stereocenters. The van der Waals surface area contributed by atoms with Gasteiger partial charge in [-0.05, 0) is 30.7 Å². The summed E-state index contributed by atoms with van der Waals surface area (Å²) in [7, 11) is 0. The van der Waals surface area contributed by atoms with Gasteiger partial charge in [0.15, 0.2) is 0 Å². The zero-order chi connectivity index (χ0) is 16.5. The van der Waals surface area contributed by atoms with Crippen molar-refractivity contribution in [3.63, 3.8) is 0 Å². The summed E-state index contributed by atoms with van der Waals surface area (Å²) in [4.78, 5) is 24.1. The third kappa shape index (κ3) is 2.62. The van der Waals surface area contributed by atoms with E-state index in [4.69, 9.17) is 0 Å². The number of aliphatic carboxylic acids is 1. The molecular weight excluding hydrogens is 278 g/mol. The highest BCUT2D eigenvalue weighted by Crippen LogP contribution is 2.55. The van der Waals surface area contributed by atoms with E-state index in [9.17, 15) is 14.7 Å². The van der Waals surface area contributed by atoms with Gasteiger partial charge in [0.25, 0.3) is 0 Å². The Morgan fingerprint density at radius 2 is 1.82 bits per heavy atom. The second-order valence-corrected chi connectivity index (χ2v) is 7.07. The summed E-state index contributed by atoms with van der Waals surface area (Å²) in [5, 5.41) is 14.5. The predicted molar refractivity (Wildman–Crippen MR) is 82.6 cm³/mol. The van der Waals surface area contributed by atoms with E-state index in [0.717, 1.165) is 5.56 Å². The van der Waals surface area contributed by atoms with Crippen molar-refractivity contribution < 1.29 is 14.7 Å². The van der Waals surface area contributed by atoms with Gasteiger partial charge in [-0.3, -0.25) is 4.79 Å². The zero-order valence-corrected chi connectivity index (χ0v) is 13.7. The highest BCUT2D eigenvalue weighted by atomic mass is 16.4. The van der Waals surface area contributed by atoms with Gasteiger partial charge in [-0.15, -0.1) is 0 Å². The van der Waals surface area contributed by atoms with Crippen LogP contribution in [0.25, 0.3) is 0 Å². The van der Waals surface area contributed by atoms with Crippen molar-refractivity contribution in [2.24, 2.45) is 16.7 Å². The summed E-state index contributed by atoms with van der Waals surface area (Å²) in [6.07, 6.45) is 1.05. The number of carbonyl (C=O) groups excluding carboxylic acids is 2. The first-order valence-corrected chi connectivity index (χ1v) is 7.77. The minimum atomic E-state index is -1.07. The molecule has 120 valence electrons. The Morgan fingerprint density at radius 3 is 2.32 bits per heavy atom. The Bertz CT molecular complexity index is 567. The zero-order valence-electron chi connectivity index (χ0n) is 13.7. The standard InChI is InChI=1S/C18H25NO3/c1-12(13-8-6-5-7-9-13)19-15(20)14-10-11-18(4,16(21)22)17(14,2)3/h5-9,12,14H,10-11H2,1-4H3,(H,19,20)(H,21,22)/p-1/t12-,14+,18-/m0/s1. The lowest BCUT2D eigenvalue weighted by Gasteiger charge is -2.42. The number of carbonyl (C=O) groups is 2. The molecule has 1 aliphatic carbocycles. The average molecular weight is 302 g/mol. The van der Waals surface area contributed by atoms with Crippen molar-refractivity contribution in [1.82, 2.24) is 5.32 Å². The fraction of sp³-hybridized carbons (Fsp3) is 0.556. The number of hydrogen-bond donors (Lipinski definition) is 1. The molecule has 22 heavy (non-hydrogen) atoms. The minimum absolute atomic E-state index is 0.0775. The van der Waals surface area contributed by atoms with Crippen molar-refractivity contribution in [2.75, 3.05) is 0 Å². The smallest absolute Gasteiger partial charge is 0.224 e. The molecule has 4 heteroatoms. The van der Waals surface area contributed by atoms with Gasteiger partial charge in [0, 0.05) is 17.3 Å². The van der Waals surface area contributed by atoms with Crippen molar-refractivity contribution >= 4 is 11.9 Å². The summed E-state index contributed by atoms with van der Waals surface area (Å²) >= 11 is 0. The van der Waals surface area contributed by atoms with Gasteiger partial charge in [0.05, 0.1) is 6.04 Å². The average Bonchev–Trinajstić information content (AvgIpc) is 2.71. The van der Waals surface area contributed by atoms with E-state index in [1.807, 2.05) is 51.1 Å². The van der Waals surface area contributed by atoms with E-state index < -0.39 is 16.8 Å². The first kappa shape index (κ1) is 16.5. The number of amides is 1. The maximum Gasteiger partial charge on any atom is 0.224 e. The summed E-state index contributed by atoms with van der Waals surface area (Å²) in [5.74, 6) is -1.46. The van der Waals surface area contributed by atoms with Crippen molar-refractivity contribution in [1.29, 1.82) is 0 Å². The molecule has 1 N–H and O–H groups in total. The fourth-order valence-corrected chi connectivity index (χ4v) is 3.46. The van der Waals surface area contributed by atoms with Gasteiger partial charge in [0.2, 0.25) is 5.91 Å². The molecule has 0 saturated heterocycles. The van der Waals surface area contributed by atoms with Crippen LogP contribution < -0.4 is 10.4 Å². The van der Waals surface area contributed by atoms with E-state index in [-0.39, 0.29) is 17.9 Å². The van der Waals surface area contributed by atoms with Crippen LogP contribution in [0.4, 0.5) is 0 Å². The number of hydrogen-bond acceptors (Lipinski definition) is 3. The molecule has 0 bridgehead atoms. The Morgan fingerprint density at radius 1 is 1.23 bits per heavy atom. The molecule has 1 saturated carbocycles. The summed E-state index contributed by atoms with van der Waals surface area (Å²) in [5.41, 5.74) is -0.563. The van der Waals surface area contributed by atoms with E-state index in [0.29, 0.717) is 12.8 Å². The molecular formula is C18H24NO3-. The van der Waals surface area contributed by atoms with E-state index >= 15 is 0 Å². The lowest BCUT2D eigenvalue weighted by Crippen LogP contribution is -2.50. The molecule has 0 radical (unpaired) electrons. The van der Waals surface area contributed by atoms with E-state index in [2.05, 4.69) is 5.32 Å². The first-order valence-electron chi connectivity index (χ1n) is 7.77. The van der Waals surface area contributed by atoms with Gasteiger partial charge < -0.3 is 15.2 Å². The maximum atomic E-state index is 12.6. The molecule has 0 aliphatic heterocycles. The highest BCUT2D eigenvalue weighted by molar-refractivity contribution is 5.83. The lowest BCUT2D eigenvalue weighted by atomic mass is 9.65. The van der Waals surface area contributed by atoms with Crippen LogP contribution in [0.3, 0.4) is 0 Å². The van der Waals surface area contributed by atoms with Gasteiger partial charge in [0.1, 0.15) is 0 Å². The number of carboxylic acids is 1. The Kier molecular flexibility index (Phi) is 4.32. The lowest BCUT2D eigenvalue weighted by molar-refractivity contribution is -0.323. The van der Waals surface area contributed by atoms with Crippen LogP contribution >= 0.6 is 0 Å². The topological polar surface area (TPSA) is 69.2 Å². The molecule has 1 aliphatic rings. The van der Waals surface area contributed by atoms with E-state index in [1.165, 1.54) is 0 Å². The molecule has 0 spiro atoms. The molecule has 2 rings (SSSR count). The summed E-state index contributed by atoms with van der Waals surface area (Å²) in [6.45, 7) is 7.34. The Balaban J connectivity index is 2.13. The van der Waals surface area contributed by atoms with Gasteiger partial charge in [-0.2, -0.15) is 0 Å². The maximum absolute atomic E-state index is 12.6. The van der Waals surface area contributed by atoms with Crippen LogP contribution in [0.15, 0.2) is 30.3 Å². The van der Waals surface area contributed by atoms with Crippen molar-refractivity contribution in [3.05, 3.63) is 35.9 Å². The van der Waals surface area contributed by atoms with Crippen LogP contribution in [-0.2, 0) is 9.59 Å². The fourth-order valence-electron chi connectivity index (χ4n) is 3.46. The molecule has 3 atom stereocenters. The third-order valence-corrected chi connectivity index (χ3v) is 5.65. The molecule has 1 aromatic rings. The number of nitrogens with one attached hydrogen (secondary N) is 1. The normalized spacial score (nSPS) is 28.1. The molecule has 1 amide bonds. The van der Waals surface area contributed by atoms with Gasteiger partial charge in [-0.1, -0.05) is 51.1 Å². The first-order chi connectivity index (χ1) is 10.2. The van der Waals surface area contributed by atoms with Crippen molar-refractivity contribution in [2.45, 2.75) is 46.6 Å². The predicted octanol–water partition coefficient (Wildman–Crippen LogP) is 2.06. The quantitative estimate of drug-likeness (QED) is 0.925. The monoisotopic (exact) mass is 302 g/mol. The molecule has 1 aromatic carbocycles. The number of rotatable bonds is 4. The van der Waals surface area contributed by atoms with Crippen LogP contribution in [0.1, 0.15) is 52.1 Å². The van der Waals surface area contributed by atoms with Crippen LogP contribution in [0, 0.1) is 16.7 Å². The highest BCUT2D eigenvalue weighted by Gasteiger charge is 2.54. The van der Waals surface area contributed by atoms with Crippen LogP contribution in [-0.4, -0.2) is 11.9 Å². The summed E-state index contributed by atoms with van der Waals surface area (Å²) in [6, 6.07) is 9.64. The number of benzene rings is 1. The molecule has 0 aromatic heterocycles. The van der Waals surface area contributed by atoms with Gasteiger partial charge in [-0.25, -0.2) is 0 Å². The third-order valence-electron chi connectivity index (χ3n) is 5.65. The van der Waals surface area contributed by atoms with Crippen LogP contribution in [0.2, 0.25) is 0 Å². The van der Waals surface area contributed by atoms with Crippen molar-refractivity contribution in [3.8, 4) is 0 Å². The molecule has 1 fully saturated rings. The molecule has 0 heterocycles. The summed E-state index contributed by atoms with van der Waals surface area (Å²) < 4.78 is 0. The Labute approximate surface area is 131 Å².